The summed E-state index contributed by atoms with van der Waals surface area (Å²) in [5.41, 5.74) is 8.08. The van der Waals surface area contributed by atoms with Crippen LogP contribution in [0.5, 0.6) is 0 Å². The van der Waals surface area contributed by atoms with E-state index in [0.29, 0.717) is 0 Å². The standard InChI is InChI=1S/C19H33N5.4ClH/c20-11-5-14-21-12-3-4-13-22-15-6-16-23-19-10-9-17-7-1-2-8-18(17)24-19;;;;/h1-2,7-8,21-22H,3-6,9-16,20H2,(H,23,24);4*1H. The zero-order valence-corrected chi connectivity index (χ0v) is 19.7. The molecule has 0 saturated carbocycles. The fourth-order valence-electron chi connectivity index (χ4n) is 2.84. The molecule has 0 aromatic heterocycles. The summed E-state index contributed by atoms with van der Waals surface area (Å²) >= 11 is 0. The highest BCUT2D eigenvalue weighted by atomic mass is 35.5. The molecule has 0 spiro atoms. The van der Waals surface area contributed by atoms with Crippen LogP contribution in [-0.2, 0) is 6.42 Å². The third-order valence-electron chi connectivity index (χ3n) is 4.26. The molecule has 0 aliphatic carbocycles. The molecule has 1 aromatic rings. The number of fused-ring (bicyclic) bond motifs is 1. The molecular weight excluding hydrogens is 440 g/mol. The van der Waals surface area contributed by atoms with E-state index >= 15 is 0 Å². The monoisotopic (exact) mass is 475 g/mol. The van der Waals surface area contributed by atoms with Crippen molar-refractivity contribution in [1.82, 2.24) is 10.6 Å². The van der Waals surface area contributed by atoms with Gasteiger partial charge in [0.15, 0.2) is 0 Å². The maximum atomic E-state index is 5.45. The van der Waals surface area contributed by atoms with Crippen LogP contribution in [0.3, 0.4) is 0 Å². The fraction of sp³-hybridized carbons (Fsp3) is 0.632. The average Bonchev–Trinajstić information content (AvgIpc) is 2.62. The third-order valence-corrected chi connectivity index (χ3v) is 4.26. The second-order valence-corrected chi connectivity index (χ2v) is 6.31. The number of hydrogen-bond donors (Lipinski definition) is 4. The molecule has 0 unspecified atom stereocenters. The number of hydrogen-bond acceptors (Lipinski definition) is 4. The zero-order valence-electron chi connectivity index (χ0n) is 16.5. The van der Waals surface area contributed by atoms with Crippen molar-refractivity contribution in [2.75, 3.05) is 44.6 Å². The number of para-hydroxylation sites is 1. The Morgan fingerprint density at radius 3 is 2.11 bits per heavy atom. The van der Waals surface area contributed by atoms with Gasteiger partial charge in [-0.15, -0.1) is 49.6 Å². The number of nitrogens with zero attached hydrogens (tertiary/aromatic N) is 1. The lowest BCUT2D eigenvalue weighted by molar-refractivity contribution is 0.570. The Bertz CT molecular complexity index is 503. The second kappa shape index (κ2) is 21.4. The fourth-order valence-corrected chi connectivity index (χ4v) is 2.84. The molecule has 0 atom stereocenters. The quantitative estimate of drug-likeness (QED) is 0.346. The summed E-state index contributed by atoms with van der Waals surface area (Å²) < 4.78 is 0. The number of benzene rings is 1. The van der Waals surface area contributed by atoms with Crippen molar-refractivity contribution in [3.63, 3.8) is 0 Å². The van der Waals surface area contributed by atoms with Crippen LogP contribution in [0.15, 0.2) is 29.3 Å². The minimum absolute atomic E-state index is 0. The van der Waals surface area contributed by atoms with Crippen LogP contribution in [0.1, 0.15) is 37.7 Å². The van der Waals surface area contributed by atoms with E-state index in [2.05, 4.69) is 40.2 Å². The first kappa shape index (κ1) is 32.4. The van der Waals surface area contributed by atoms with Gasteiger partial charge in [0, 0.05) is 18.7 Å². The van der Waals surface area contributed by atoms with Gasteiger partial charge in [-0.05, 0) is 76.5 Å². The van der Waals surface area contributed by atoms with Crippen LogP contribution in [0.25, 0.3) is 0 Å². The van der Waals surface area contributed by atoms with Crippen LogP contribution < -0.4 is 21.7 Å². The minimum Gasteiger partial charge on any atom is -0.344 e. The molecule has 2 rings (SSSR count). The lowest BCUT2D eigenvalue weighted by atomic mass is 10.0. The molecule has 9 heteroatoms. The van der Waals surface area contributed by atoms with E-state index in [1.165, 1.54) is 24.1 Å². The van der Waals surface area contributed by atoms with Crippen molar-refractivity contribution in [2.45, 2.75) is 38.5 Å². The number of nitrogens with one attached hydrogen (secondary N) is 3. The normalized spacial score (nSPS) is 13.1. The molecule has 0 bridgehead atoms. The highest BCUT2D eigenvalue weighted by Gasteiger charge is 2.11. The smallest absolute Gasteiger partial charge is 0.101 e. The first-order valence-corrected chi connectivity index (χ1v) is 9.40. The van der Waals surface area contributed by atoms with E-state index < -0.39 is 0 Å². The van der Waals surface area contributed by atoms with Crippen molar-refractivity contribution in [3.05, 3.63) is 29.8 Å². The number of anilines is 1. The van der Waals surface area contributed by atoms with Crippen molar-refractivity contribution in [2.24, 2.45) is 10.7 Å². The average molecular weight is 477 g/mol. The molecule has 5 nitrogen and oxygen atoms in total. The second-order valence-electron chi connectivity index (χ2n) is 6.31. The van der Waals surface area contributed by atoms with Crippen LogP contribution in [0.2, 0.25) is 0 Å². The van der Waals surface area contributed by atoms with Gasteiger partial charge in [0.05, 0.1) is 0 Å². The Kier molecular flexibility index (Phi) is 24.8. The molecule has 0 fully saturated rings. The maximum absolute atomic E-state index is 5.45. The van der Waals surface area contributed by atoms with Gasteiger partial charge in [0.2, 0.25) is 0 Å². The van der Waals surface area contributed by atoms with Crippen molar-refractivity contribution in [1.29, 1.82) is 0 Å². The molecule has 1 aliphatic rings. The Labute approximate surface area is 195 Å². The van der Waals surface area contributed by atoms with Gasteiger partial charge in [-0.25, -0.2) is 0 Å². The number of halogens is 4. The molecule has 28 heavy (non-hydrogen) atoms. The number of aliphatic imine (C=N–C) groups is 1. The summed E-state index contributed by atoms with van der Waals surface area (Å²) in [5, 5.41) is 10.4. The summed E-state index contributed by atoms with van der Waals surface area (Å²) in [5.74, 6) is 1.14. The molecule has 1 heterocycles. The van der Waals surface area contributed by atoms with Crippen LogP contribution in [-0.4, -0.2) is 45.1 Å². The molecule has 5 N–H and O–H groups in total. The largest absolute Gasteiger partial charge is 0.344 e. The van der Waals surface area contributed by atoms with E-state index in [9.17, 15) is 0 Å². The molecule has 0 amide bonds. The Morgan fingerprint density at radius 2 is 1.43 bits per heavy atom. The van der Waals surface area contributed by atoms with Gasteiger partial charge in [0.1, 0.15) is 5.84 Å². The van der Waals surface area contributed by atoms with Crippen LogP contribution in [0, 0.1) is 0 Å². The molecule has 166 valence electrons. The highest BCUT2D eigenvalue weighted by Crippen LogP contribution is 2.21. The number of unbranched alkanes of at least 4 members (excludes halogenated alkanes) is 1. The topological polar surface area (TPSA) is 74.5 Å². The van der Waals surface area contributed by atoms with E-state index in [0.717, 1.165) is 70.8 Å². The molecule has 0 radical (unpaired) electrons. The lowest BCUT2D eigenvalue weighted by Gasteiger charge is -2.19. The van der Waals surface area contributed by atoms with E-state index in [1.807, 2.05) is 0 Å². The van der Waals surface area contributed by atoms with E-state index in [4.69, 9.17) is 10.7 Å². The van der Waals surface area contributed by atoms with Crippen molar-refractivity contribution >= 4 is 61.2 Å². The number of nitrogens with two attached hydrogens (primary N) is 1. The van der Waals surface area contributed by atoms with Crippen LogP contribution in [0.4, 0.5) is 5.69 Å². The molecule has 0 saturated heterocycles. The lowest BCUT2D eigenvalue weighted by Crippen LogP contribution is -2.22. The third kappa shape index (κ3) is 13.8. The van der Waals surface area contributed by atoms with Gasteiger partial charge < -0.3 is 21.7 Å². The number of rotatable bonds is 12. The molecule has 1 aromatic carbocycles. The molecule has 1 aliphatic heterocycles. The minimum atomic E-state index is 0. The Balaban J connectivity index is -0.00000156. The summed E-state index contributed by atoms with van der Waals surface area (Å²) in [7, 11) is 0. The Morgan fingerprint density at radius 1 is 0.821 bits per heavy atom. The first-order chi connectivity index (χ1) is 11.9. The van der Waals surface area contributed by atoms with Crippen molar-refractivity contribution in [3.8, 4) is 0 Å². The number of amidine groups is 1. The van der Waals surface area contributed by atoms with Gasteiger partial charge in [-0.1, -0.05) is 18.2 Å². The number of aryl methyl sites for hydroxylation is 1. The summed E-state index contributed by atoms with van der Waals surface area (Å²) in [6, 6.07) is 8.50. The maximum Gasteiger partial charge on any atom is 0.101 e. The van der Waals surface area contributed by atoms with Crippen LogP contribution >= 0.6 is 49.6 Å². The predicted octanol–water partition coefficient (Wildman–Crippen LogP) is 3.83. The van der Waals surface area contributed by atoms with Gasteiger partial charge in [-0.2, -0.15) is 0 Å². The molecular formula is C19H37Cl4N5. The predicted molar refractivity (Wildman–Crippen MR) is 133 cm³/mol. The van der Waals surface area contributed by atoms with Crippen molar-refractivity contribution < 1.29 is 0 Å². The first-order valence-electron chi connectivity index (χ1n) is 9.40. The van der Waals surface area contributed by atoms with Gasteiger partial charge >= 0.3 is 0 Å². The van der Waals surface area contributed by atoms with E-state index in [-0.39, 0.29) is 49.6 Å². The van der Waals surface area contributed by atoms with E-state index in [1.54, 1.807) is 0 Å². The summed E-state index contributed by atoms with van der Waals surface area (Å²) in [6.07, 6.45) is 6.75. The van der Waals surface area contributed by atoms with Gasteiger partial charge in [0.25, 0.3) is 0 Å². The summed E-state index contributed by atoms with van der Waals surface area (Å²) in [6.45, 7) is 5.97. The zero-order chi connectivity index (χ0) is 16.9. The van der Waals surface area contributed by atoms with Gasteiger partial charge in [-0.3, -0.25) is 4.99 Å². The summed E-state index contributed by atoms with van der Waals surface area (Å²) in [4.78, 5) is 4.70. The SMILES string of the molecule is Cl.Cl.Cl.Cl.NCCCNCCCCNCCCN=C1CCc2ccccc2N1. The highest BCUT2D eigenvalue weighted by molar-refractivity contribution is 5.98. The Hall–Kier alpha value is -0.270.